The number of nitrogens with two attached hydrogens (primary N) is 1. The van der Waals surface area contributed by atoms with Gasteiger partial charge in [-0.25, -0.2) is 18.9 Å². The van der Waals surface area contributed by atoms with Crippen molar-refractivity contribution in [2.24, 2.45) is 5.10 Å². The molecule has 0 saturated heterocycles. The standard InChI is InChI=1S/C16H14F2N8OS/c17-11-4-1-5-12(18)14(11)22-13(27)9-28-16-25-24-15(26(16)19)23-21-8-10-3-2-6-20-7-10/h1-8H,9,19H2,(H,22,27)(H,23,24)/b21-8+. The van der Waals surface area contributed by atoms with Crippen LogP contribution in [0, 0.1) is 11.6 Å². The number of carbonyl (C=O) groups excluding carboxylic acids is 1. The van der Waals surface area contributed by atoms with Crippen molar-refractivity contribution in [3.05, 3.63) is 59.9 Å². The number of hydrogen-bond donors (Lipinski definition) is 3. The average molecular weight is 404 g/mol. The molecule has 0 spiro atoms. The lowest BCUT2D eigenvalue weighted by Crippen LogP contribution is -2.18. The number of thioether (sulfide) groups is 1. The second-order valence-corrected chi connectivity index (χ2v) is 6.21. The Kier molecular flexibility index (Phi) is 6.11. The summed E-state index contributed by atoms with van der Waals surface area (Å²) in [6.07, 6.45) is 4.78. The van der Waals surface area contributed by atoms with Gasteiger partial charge in [0, 0.05) is 18.0 Å². The number of hydrazone groups is 1. The number of benzene rings is 1. The summed E-state index contributed by atoms with van der Waals surface area (Å²) < 4.78 is 28.2. The molecule has 3 rings (SSSR count). The minimum atomic E-state index is -0.863. The van der Waals surface area contributed by atoms with Crippen LogP contribution in [-0.2, 0) is 4.79 Å². The normalized spacial score (nSPS) is 10.9. The van der Waals surface area contributed by atoms with Crippen LogP contribution in [0.4, 0.5) is 20.4 Å². The highest BCUT2D eigenvalue weighted by molar-refractivity contribution is 7.99. The molecular weight excluding hydrogens is 390 g/mol. The summed E-state index contributed by atoms with van der Waals surface area (Å²) in [6.45, 7) is 0. The Labute approximate surface area is 162 Å². The molecule has 9 nitrogen and oxygen atoms in total. The van der Waals surface area contributed by atoms with Gasteiger partial charge in [-0.1, -0.05) is 23.9 Å². The van der Waals surface area contributed by atoms with Gasteiger partial charge >= 0.3 is 0 Å². The maximum Gasteiger partial charge on any atom is 0.264 e. The second kappa shape index (κ2) is 8.90. The molecule has 0 radical (unpaired) electrons. The molecule has 28 heavy (non-hydrogen) atoms. The summed E-state index contributed by atoms with van der Waals surface area (Å²) in [4.78, 5) is 15.9. The highest BCUT2D eigenvalue weighted by Crippen LogP contribution is 2.20. The van der Waals surface area contributed by atoms with Crippen LogP contribution in [0.2, 0.25) is 0 Å². The molecule has 12 heteroatoms. The molecule has 1 amide bonds. The quantitative estimate of drug-likeness (QED) is 0.238. The maximum atomic E-state index is 13.5. The van der Waals surface area contributed by atoms with Crippen LogP contribution >= 0.6 is 11.8 Å². The summed E-state index contributed by atoms with van der Waals surface area (Å²) in [5.74, 6) is 3.45. The highest BCUT2D eigenvalue weighted by atomic mass is 32.2. The summed E-state index contributed by atoms with van der Waals surface area (Å²) in [7, 11) is 0. The highest BCUT2D eigenvalue weighted by Gasteiger charge is 2.15. The number of rotatable bonds is 7. The van der Waals surface area contributed by atoms with Crippen molar-refractivity contribution in [1.29, 1.82) is 0 Å². The van der Waals surface area contributed by atoms with E-state index in [4.69, 9.17) is 5.84 Å². The van der Waals surface area contributed by atoms with Crippen molar-refractivity contribution in [3.8, 4) is 0 Å². The molecule has 0 atom stereocenters. The Bertz CT molecular complexity index is 975. The minimum Gasteiger partial charge on any atom is -0.334 e. The topological polar surface area (TPSA) is 123 Å². The Balaban J connectivity index is 1.55. The van der Waals surface area contributed by atoms with Crippen molar-refractivity contribution < 1.29 is 13.6 Å². The molecule has 4 N–H and O–H groups in total. The van der Waals surface area contributed by atoms with Gasteiger partial charge in [0.25, 0.3) is 5.95 Å². The molecule has 0 aliphatic rings. The van der Waals surface area contributed by atoms with Crippen molar-refractivity contribution in [2.45, 2.75) is 5.16 Å². The Morgan fingerprint density at radius 3 is 2.75 bits per heavy atom. The van der Waals surface area contributed by atoms with E-state index in [-0.39, 0.29) is 16.9 Å². The molecule has 0 saturated carbocycles. The summed E-state index contributed by atoms with van der Waals surface area (Å²) in [5, 5.41) is 14.0. The van der Waals surface area contributed by atoms with Gasteiger partial charge in [-0.05, 0) is 18.2 Å². The first-order valence-corrected chi connectivity index (χ1v) is 8.79. The summed E-state index contributed by atoms with van der Waals surface area (Å²) in [5.41, 5.74) is 2.88. The van der Waals surface area contributed by atoms with Crippen LogP contribution in [-0.4, -0.2) is 37.7 Å². The first-order valence-electron chi connectivity index (χ1n) is 7.81. The Hall–Kier alpha value is -3.54. The first-order chi connectivity index (χ1) is 13.5. The van der Waals surface area contributed by atoms with Gasteiger partial charge < -0.3 is 11.2 Å². The molecule has 2 aromatic heterocycles. The van der Waals surface area contributed by atoms with Gasteiger partial charge in [0.05, 0.1) is 12.0 Å². The van der Waals surface area contributed by atoms with E-state index in [1.807, 2.05) is 6.07 Å². The number of aromatic nitrogens is 4. The van der Waals surface area contributed by atoms with E-state index in [9.17, 15) is 13.6 Å². The van der Waals surface area contributed by atoms with Crippen molar-refractivity contribution in [1.82, 2.24) is 19.9 Å². The van der Waals surface area contributed by atoms with E-state index < -0.39 is 23.2 Å². The second-order valence-electron chi connectivity index (χ2n) is 5.27. The molecule has 0 unspecified atom stereocenters. The first kappa shape index (κ1) is 19.2. The molecule has 2 heterocycles. The number of amides is 1. The van der Waals surface area contributed by atoms with E-state index in [0.717, 1.165) is 34.1 Å². The number of nitrogens with one attached hydrogen (secondary N) is 2. The van der Waals surface area contributed by atoms with Crippen molar-refractivity contribution in [2.75, 3.05) is 22.3 Å². The number of nitrogens with zero attached hydrogens (tertiary/aromatic N) is 5. The fourth-order valence-corrected chi connectivity index (χ4v) is 2.65. The average Bonchev–Trinajstić information content (AvgIpc) is 3.04. The number of para-hydroxylation sites is 1. The number of hydrogen-bond acceptors (Lipinski definition) is 8. The van der Waals surface area contributed by atoms with E-state index in [1.165, 1.54) is 12.3 Å². The zero-order valence-electron chi connectivity index (χ0n) is 14.2. The molecule has 0 aliphatic heterocycles. The third-order valence-electron chi connectivity index (χ3n) is 3.29. The zero-order chi connectivity index (χ0) is 19.9. The lowest BCUT2D eigenvalue weighted by Gasteiger charge is -2.07. The monoisotopic (exact) mass is 404 g/mol. The maximum absolute atomic E-state index is 13.5. The number of carbonyl (C=O) groups is 1. The molecular formula is C16H14F2N8OS. The zero-order valence-corrected chi connectivity index (χ0v) is 15.0. The van der Waals surface area contributed by atoms with E-state index in [2.05, 4.69) is 31.0 Å². The summed E-state index contributed by atoms with van der Waals surface area (Å²) >= 11 is 0.942. The third kappa shape index (κ3) is 4.79. The van der Waals surface area contributed by atoms with Crippen LogP contribution < -0.4 is 16.6 Å². The van der Waals surface area contributed by atoms with Crippen molar-refractivity contribution in [3.63, 3.8) is 0 Å². The van der Waals surface area contributed by atoms with Gasteiger partial charge in [0.1, 0.15) is 17.3 Å². The van der Waals surface area contributed by atoms with E-state index in [1.54, 1.807) is 18.5 Å². The number of anilines is 2. The molecule has 3 aromatic rings. The fraction of sp³-hybridized carbons (Fsp3) is 0.0625. The predicted octanol–water partition coefficient (Wildman–Crippen LogP) is 1.84. The molecule has 1 aromatic carbocycles. The summed E-state index contributed by atoms with van der Waals surface area (Å²) in [6, 6.07) is 6.87. The Morgan fingerprint density at radius 2 is 2.04 bits per heavy atom. The predicted molar refractivity (Wildman–Crippen MR) is 101 cm³/mol. The van der Waals surface area contributed by atoms with Gasteiger partial charge in [0.15, 0.2) is 0 Å². The molecule has 0 bridgehead atoms. The van der Waals surface area contributed by atoms with Gasteiger partial charge in [-0.2, -0.15) is 5.10 Å². The van der Waals surface area contributed by atoms with Crippen molar-refractivity contribution >= 4 is 35.5 Å². The number of halogens is 2. The van der Waals surface area contributed by atoms with Gasteiger partial charge in [-0.3, -0.25) is 9.78 Å². The van der Waals surface area contributed by atoms with Crippen LogP contribution in [0.15, 0.2) is 53.0 Å². The largest absolute Gasteiger partial charge is 0.334 e. The molecule has 0 aliphatic carbocycles. The van der Waals surface area contributed by atoms with Gasteiger partial charge in [0.2, 0.25) is 11.1 Å². The van der Waals surface area contributed by atoms with Crippen LogP contribution in [0.25, 0.3) is 0 Å². The molecule has 144 valence electrons. The van der Waals surface area contributed by atoms with Crippen LogP contribution in [0.3, 0.4) is 0 Å². The van der Waals surface area contributed by atoms with Crippen LogP contribution in [0.5, 0.6) is 0 Å². The lowest BCUT2D eigenvalue weighted by atomic mass is 10.3. The number of nitrogen functional groups attached to an aromatic ring is 1. The number of pyridine rings is 1. The third-order valence-corrected chi connectivity index (χ3v) is 4.23. The van der Waals surface area contributed by atoms with Gasteiger partial charge in [-0.15, -0.1) is 10.2 Å². The van der Waals surface area contributed by atoms with E-state index in [0.29, 0.717) is 0 Å². The van der Waals surface area contributed by atoms with E-state index >= 15 is 0 Å². The molecule has 0 fully saturated rings. The SMILES string of the molecule is Nn1c(N/N=C/c2cccnc2)nnc1SCC(=O)Nc1c(F)cccc1F. The Morgan fingerprint density at radius 1 is 1.25 bits per heavy atom. The van der Waals surface area contributed by atoms with Crippen LogP contribution in [0.1, 0.15) is 5.56 Å². The fourth-order valence-electron chi connectivity index (χ4n) is 1.99. The smallest absolute Gasteiger partial charge is 0.264 e. The lowest BCUT2D eigenvalue weighted by molar-refractivity contribution is -0.113. The minimum absolute atomic E-state index is 0.142.